The van der Waals surface area contributed by atoms with E-state index < -0.39 is 0 Å². The number of non-ortho nitro benzene ring substituents is 1. The summed E-state index contributed by atoms with van der Waals surface area (Å²) in [5, 5.41) is 11.2. The summed E-state index contributed by atoms with van der Waals surface area (Å²) in [6, 6.07) is 6.94. The summed E-state index contributed by atoms with van der Waals surface area (Å²) < 4.78 is 5.49. The third kappa shape index (κ3) is 2.77. The van der Waals surface area contributed by atoms with Crippen molar-refractivity contribution in [3.63, 3.8) is 0 Å². The molecule has 3 rings (SSSR count). The zero-order valence-electron chi connectivity index (χ0n) is 15.2. The lowest BCUT2D eigenvalue weighted by Gasteiger charge is -2.44. The molecule has 136 valence electrons. The second-order valence-corrected chi connectivity index (χ2v) is 7.46. The van der Waals surface area contributed by atoms with E-state index in [4.69, 9.17) is 4.74 Å². The Morgan fingerprint density at radius 3 is 2.64 bits per heavy atom. The molecule has 1 aromatic carbocycles. The predicted octanol–water partition coefficient (Wildman–Crippen LogP) is 4.42. The van der Waals surface area contributed by atoms with Gasteiger partial charge >= 0.3 is 6.09 Å². The van der Waals surface area contributed by atoms with E-state index in [1.54, 1.807) is 12.1 Å². The van der Waals surface area contributed by atoms with Gasteiger partial charge in [0.25, 0.3) is 5.69 Å². The number of benzene rings is 1. The molecule has 0 spiro atoms. The van der Waals surface area contributed by atoms with E-state index in [2.05, 4.69) is 6.92 Å². The van der Waals surface area contributed by atoms with Crippen LogP contribution in [0.15, 0.2) is 24.3 Å². The van der Waals surface area contributed by atoms with Gasteiger partial charge in [-0.05, 0) is 51.5 Å². The van der Waals surface area contributed by atoms with E-state index in [0.717, 1.165) is 37.7 Å². The lowest BCUT2D eigenvalue weighted by molar-refractivity contribution is -0.385. The maximum atomic E-state index is 12.7. The summed E-state index contributed by atoms with van der Waals surface area (Å²) in [7, 11) is 0. The van der Waals surface area contributed by atoms with Crippen LogP contribution in [0.1, 0.15) is 58.4 Å². The number of hydrogen-bond acceptors (Lipinski definition) is 4. The van der Waals surface area contributed by atoms with E-state index in [1.165, 1.54) is 6.07 Å². The first-order valence-corrected chi connectivity index (χ1v) is 9.09. The minimum absolute atomic E-state index is 0.115. The molecule has 1 aliphatic carbocycles. The maximum absolute atomic E-state index is 12.7. The van der Waals surface area contributed by atoms with Crippen LogP contribution in [-0.4, -0.2) is 34.1 Å². The molecular formula is C19H26N2O4. The van der Waals surface area contributed by atoms with Gasteiger partial charge in [-0.1, -0.05) is 19.1 Å². The second kappa shape index (κ2) is 6.32. The van der Waals surface area contributed by atoms with Crippen molar-refractivity contribution in [3.8, 4) is 0 Å². The summed E-state index contributed by atoms with van der Waals surface area (Å²) in [4.78, 5) is 25.4. The van der Waals surface area contributed by atoms with Crippen molar-refractivity contribution < 1.29 is 14.5 Å². The Bertz CT molecular complexity index is 684. The van der Waals surface area contributed by atoms with Crippen molar-refractivity contribution >= 4 is 11.8 Å². The van der Waals surface area contributed by atoms with Gasteiger partial charge in [0.05, 0.1) is 16.6 Å². The van der Waals surface area contributed by atoms with Crippen LogP contribution in [0, 0.1) is 10.1 Å². The highest BCUT2D eigenvalue weighted by molar-refractivity contribution is 5.70. The monoisotopic (exact) mass is 346 g/mol. The highest BCUT2D eigenvalue weighted by Crippen LogP contribution is 2.62. The molecule has 1 amide bonds. The zero-order valence-corrected chi connectivity index (χ0v) is 15.2. The largest absolute Gasteiger partial charge is 0.447 e. The molecule has 1 unspecified atom stereocenters. The Balaban J connectivity index is 2.00. The fourth-order valence-corrected chi connectivity index (χ4v) is 4.68. The predicted molar refractivity (Wildman–Crippen MR) is 94.6 cm³/mol. The number of amides is 1. The molecule has 1 saturated heterocycles. The van der Waals surface area contributed by atoms with Gasteiger partial charge in [0.15, 0.2) is 0 Å². The summed E-state index contributed by atoms with van der Waals surface area (Å²) in [5.74, 6) is 0. The number of ether oxygens (including phenoxy) is 1. The lowest BCUT2D eigenvalue weighted by Crippen LogP contribution is -2.55. The van der Waals surface area contributed by atoms with E-state index in [0.29, 0.717) is 6.54 Å². The van der Waals surface area contributed by atoms with Crippen LogP contribution in [0.3, 0.4) is 0 Å². The average molecular weight is 346 g/mol. The third-order valence-electron chi connectivity index (χ3n) is 5.88. The number of nitro benzene ring substituents is 1. The highest BCUT2D eigenvalue weighted by atomic mass is 16.6. The molecule has 0 radical (unpaired) electrons. The van der Waals surface area contributed by atoms with E-state index in [-0.39, 0.29) is 33.8 Å². The second-order valence-electron chi connectivity index (χ2n) is 7.46. The summed E-state index contributed by atoms with van der Waals surface area (Å²) in [6.45, 7) is 6.51. The van der Waals surface area contributed by atoms with Gasteiger partial charge in [0.1, 0.15) is 0 Å². The lowest BCUT2D eigenvalue weighted by atomic mass is 9.72. The number of carbonyl (C=O) groups excluding carboxylic acids is 1. The van der Waals surface area contributed by atoms with Gasteiger partial charge in [-0.15, -0.1) is 0 Å². The van der Waals surface area contributed by atoms with Crippen LogP contribution in [0.25, 0.3) is 0 Å². The molecule has 1 saturated carbocycles. The topological polar surface area (TPSA) is 72.7 Å². The third-order valence-corrected chi connectivity index (χ3v) is 5.88. The molecule has 1 aromatic rings. The van der Waals surface area contributed by atoms with Gasteiger partial charge < -0.3 is 9.64 Å². The Morgan fingerprint density at radius 1 is 1.36 bits per heavy atom. The first-order valence-electron chi connectivity index (χ1n) is 9.09. The van der Waals surface area contributed by atoms with Gasteiger partial charge in [0.2, 0.25) is 0 Å². The molecule has 2 aliphatic rings. The molecule has 2 fully saturated rings. The first-order chi connectivity index (χ1) is 11.9. The number of carbonyl (C=O) groups is 1. The van der Waals surface area contributed by atoms with Crippen LogP contribution in [0.4, 0.5) is 10.5 Å². The van der Waals surface area contributed by atoms with Crippen LogP contribution in [0.2, 0.25) is 0 Å². The Kier molecular flexibility index (Phi) is 4.47. The van der Waals surface area contributed by atoms with E-state index in [1.807, 2.05) is 24.8 Å². The van der Waals surface area contributed by atoms with Crippen LogP contribution < -0.4 is 0 Å². The molecule has 0 bridgehead atoms. The zero-order chi connectivity index (χ0) is 18.2. The van der Waals surface area contributed by atoms with E-state index in [9.17, 15) is 14.9 Å². The quantitative estimate of drug-likeness (QED) is 0.584. The van der Waals surface area contributed by atoms with Crippen LogP contribution in [0.5, 0.6) is 0 Å². The number of nitro groups is 1. The van der Waals surface area contributed by atoms with Gasteiger partial charge in [-0.2, -0.15) is 0 Å². The van der Waals surface area contributed by atoms with Gasteiger partial charge in [0, 0.05) is 24.1 Å². The van der Waals surface area contributed by atoms with Gasteiger partial charge in [-0.3, -0.25) is 10.1 Å². The highest BCUT2D eigenvalue weighted by Gasteiger charge is 2.64. The minimum atomic E-state index is -0.350. The maximum Gasteiger partial charge on any atom is 0.410 e. The van der Waals surface area contributed by atoms with Crippen molar-refractivity contribution in [1.29, 1.82) is 0 Å². The fourth-order valence-electron chi connectivity index (χ4n) is 4.68. The van der Waals surface area contributed by atoms with Crippen molar-refractivity contribution in [2.75, 3.05) is 6.54 Å². The molecule has 6 nitrogen and oxygen atoms in total. The molecule has 1 atom stereocenters. The van der Waals surface area contributed by atoms with Gasteiger partial charge in [-0.25, -0.2) is 4.79 Å². The number of likely N-dealkylation sites (tertiary alicyclic amines) is 1. The molecule has 1 heterocycles. The SMILES string of the molecule is CCC1(C2(c3cccc([N+](=O)[O-])c3)CC2)CCCN1C(=O)OC(C)C. The number of nitrogens with zero attached hydrogens (tertiary/aromatic N) is 2. The standard InChI is InChI=1S/C19H26N2O4/c1-4-19(9-6-12-20(19)17(22)25-14(2)3)18(10-11-18)15-7-5-8-16(13-15)21(23)24/h5,7-8,13-14H,4,6,9-12H2,1-3H3. The molecule has 1 aliphatic heterocycles. The van der Waals surface area contributed by atoms with Crippen LogP contribution in [-0.2, 0) is 10.2 Å². The summed E-state index contributed by atoms with van der Waals surface area (Å²) in [6.07, 6.45) is 4.17. The van der Waals surface area contributed by atoms with Crippen molar-refractivity contribution in [1.82, 2.24) is 4.90 Å². The van der Waals surface area contributed by atoms with Crippen molar-refractivity contribution in [2.45, 2.75) is 69.9 Å². The first kappa shape index (κ1) is 17.7. The van der Waals surface area contributed by atoms with Crippen molar-refractivity contribution in [3.05, 3.63) is 39.9 Å². The fraction of sp³-hybridized carbons (Fsp3) is 0.632. The number of rotatable bonds is 5. The summed E-state index contributed by atoms with van der Waals surface area (Å²) in [5.41, 5.74) is 0.589. The molecular weight excluding hydrogens is 320 g/mol. The normalized spacial score (nSPS) is 24.4. The summed E-state index contributed by atoms with van der Waals surface area (Å²) >= 11 is 0. The minimum Gasteiger partial charge on any atom is -0.447 e. The number of hydrogen-bond donors (Lipinski definition) is 0. The molecule has 0 aromatic heterocycles. The Hall–Kier alpha value is -2.11. The smallest absolute Gasteiger partial charge is 0.410 e. The molecule has 0 N–H and O–H groups in total. The Labute approximate surface area is 148 Å². The van der Waals surface area contributed by atoms with Crippen LogP contribution >= 0.6 is 0 Å². The van der Waals surface area contributed by atoms with E-state index >= 15 is 0 Å². The molecule has 6 heteroatoms. The Morgan fingerprint density at radius 2 is 2.08 bits per heavy atom. The average Bonchev–Trinajstić information content (AvgIpc) is 3.27. The van der Waals surface area contributed by atoms with Crippen molar-refractivity contribution in [2.24, 2.45) is 0 Å². The molecule has 25 heavy (non-hydrogen) atoms.